The smallest absolute Gasteiger partial charge is 0.257 e. The molecule has 23 heavy (non-hydrogen) atoms. The van der Waals surface area contributed by atoms with Crippen LogP contribution < -0.4 is 10.1 Å². The number of carbonyl (C=O) groups excluding carboxylic acids is 1. The highest BCUT2D eigenvalue weighted by molar-refractivity contribution is 5.96. The number of H-pyrrole nitrogens is 1. The van der Waals surface area contributed by atoms with Crippen LogP contribution in [0.15, 0.2) is 42.6 Å². The fourth-order valence-electron chi connectivity index (χ4n) is 2.34. The molecule has 3 aromatic rings. The number of nitrogens with one attached hydrogen (secondary N) is 2. The Morgan fingerprint density at radius 1 is 1.30 bits per heavy atom. The zero-order chi connectivity index (χ0) is 16.2. The molecule has 118 valence electrons. The van der Waals surface area contributed by atoms with Crippen LogP contribution in [-0.4, -0.2) is 27.5 Å². The number of hydrogen-bond acceptors (Lipinski definition) is 4. The molecule has 1 unspecified atom stereocenters. The lowest BCUT2D eigenvalue weighted by Gasteiger charge is -2.13. The topological polar surface area (TPSA) is 79.9 Å². The van der Waals surface area contributed by atoms with Gasteiger partial charge in [0.15, 0.2) is 0 Å². The first-order valence-electron chi connectivity index (χ1n) is 7.52. The van der Waals surface area contributed by atoms with Gasteiger partial charge in [0.05, 0.1) is 23.7 Å². The maximum absolute atomic E-state index is 12.5. The largest absolute Gasteiger partial charge is 0.477 e. The Morgan fingerprint density at radius 3 is 2.91 bits per heavy atom. The molecule has 0 saturated heterocycles. The number of imidazole rings is 1. The van der Waals surface area contributed by atoms with Gasteiger partial charge in [-0.15, -0.1) is 0 Å². The third-order valence-corrected chi connectivity index (χ3v) is 3.46. The number of fused-ring (bicyclic) bond motifs is 1. The molecule has 3 rings (SSSR count). The summed E-state index contributed by atoms with van der Waals surface area (Å²) in [5, 5.41) is 2.92. The molecule has 2 N–H and O–H groups in total. The normalized spacial score (nSPS) is 12.1. The van der Waals surface area contributed by atoms with Crippen LogP contribution >= 0.6 is 0 Å². The van der Waals surface area contributed by atoms with E-state index < -0.39 is 0 Å². The van der Waals surface area contributed by atoms with Crippen molar-refractivity contribution in [2.45, 2.75) is 19.9 Å². The first kappa shape index (κ1) is 15.0. The molecule has 1 atom stereocenters. The summed E-state index contributed by atoms with van der Waals surface area (Å²) in [5.41, 5.74) is 2.23. The summed E-state index contributed by atoms with van der Waals surface area (Å²) < 4.78 is 5.40. The first-order chi connectivity index (χ1) is 11.2. The van der Waals surface area contributed by atoms with Crippen molar-refractivity contribution in [3.05, 3.63) is 54.0 Å². The van der Waals surface area contributed by atoms with Crippen molar-refractivity contribution in [1.82, 2.24) is 20.3 Å². The Balaban J connectivity index is 1.79. The zero-order valence-electron chi connectivity index (χ0n) is 13.0. The molecule has 0 spiro atoms. The minimum Gasteiger partial charge on any atom is -0.477 e. The van der Waals surface area contributed by atoms with Crippen LogP contribution in [0.1, 0.15) is 36.1 Å². The lowest BCUT2D eigenvalue weighted by molar-refractivity contribution is 0.0933. The van der Waals surface area contributed by atoms with E-state index in [1.54, 1.807) is 18.3 Å². The van der Waals surface area contributed by atoms with Crippen molar-refractivity contribution < 1.29 is 9.53 Å². The summed E-state index contributed by atoms with van der Waals surface area (Å²) >= 11 is 0. The maximum atomic E-state index is 12.5. The first-order valence-corrected chi connectivity index (χ1v) is 7.52. The van der Waals surface area contributed by atoms with E-state index in [0.717, 1.165) is 11.0 Å². The average Bonchev–Trinajstić information content (AvgIpc) is 3.00. The molecular formula is C17H18N4O2. The summed E-state index contributed by atoms with van der Waals surface area (Å²) in [6, 6.07) is 10.9. The molecule has 0 aliphatic rings. The lowest BCUT2D eigenvalue weighted by atomic mass is 10.2. The summed E-state index contributed by atoms with van der Waals surface area (Å²) in [5.74, 6) is 0.806. The van der Waals surface area contributed by atoms with E-state index in [-0.39, 0.29) is 11.9 Å². The molecule has 1 amide bonds. The summed E-state index contributed by atoms with van der Waals surface area (Å²) in [6.45, 7) is 4.19. The number of aromatic nitrogens is 3. The second kappa shape index (κ2) is 6.48. The molecule has 6 nitrogen and oxygen atoms in total. The Hall–Kier alpha value is -2.89. The second-order valence-electron chi connectivity index (χ2n) is 5.12. The SMILES string of the molecule is CCOc1ncccc1C(=O)NC(C)c1nc2ccccc2[nH]1. The van der Waals surface area contributed by atoms with Gasteiger partial charge in [0.25, 0.3) is 5.91 Å². The Kier molecular flexibility index (Phi) is 4.23. The average molecular weight is 310 g/mol. The minimum absolute atomic E-state index is 0.241. The predicted molar refractivity (Wildman–Crippen MR) is 87.4 cm³/mol. The number of pyridine rings is 1. The Bertz CT molecular complexity index is 795. The molecule has 0 saturated carbocycles. The molecule has 2 aromatic heterocycles. The van der Waals surface area contributed by atoms with E-state index in [1.807, 2.05) is 38.1 Å². The van der Waals surface area contributed by atoms with Crippen molar-refractivity contribution >= 4 is 16.9 Å². The third kappa shape index (κ3) is 3.15. The number of aromatic amines is 1. The van der Waals surface area contributed by atoms with E-state index in [1.165, 1.54) is 0 Å². The van der Waals surface area contributed by atoms with Gasteiger partial charge >= 0.3 is 0 Å². The summed E-state index contributed by atoms with van der Waals surface area (Å²) in [7, 11) is 0. The van der Waals surface area contributed by atoms with Crippen molar-refractivity contribution in [1.29, 1.82) is 0 Å². The van der Waals surface area contributed by atoms with Gasteiger partial charge < -0.3 is 15.0 Å². The van der Waals surface area contributed by atoms with Gasteiger partial charge in [0.1, 0.15) is 11.4 Å². The number of hydrogen-bond donors (Lipinski definition) is 2. The van der Waals surface area contributed by atoms with Crippen LogP contribution in [0.25, 0.3) is 11.0 Å². The van der Waals surface area contributed by atoms with E-state index in [4.69, 9.17) is 4.74 Å². The van der Waals surface area contributed by atoms with E-state index in [0.29, 0.717) is 23.9 Å². The number of rotatable bonds is 5. The van der Waals surface area contributed by atoms with Gasteiger partial charge in [-0.25, -0.2) is 9.97 Å². The second-order valence-corrected chi connectivity index (χ2v) is 5.12. The number of amides is 1. The van der Waals surface area contributed by atoms with Gasteiger partial charge in [-0.1, -0.05) is 12.1 Å². The van der Waals surface area contributed by atoms with Crippen molar-refractivity contribution in [2.24, 2.45) is 0 Å². The lowest BCUT2D eigenvalue weighted by Crippen LogP contribution is -2.28. The van der Waals surface area contributed by atoms with Crippen molar-refractivity contribution in [3.63, 3.8) is 0 Å². The molecule has 0 radical (unpaired) electrons. The monoisotopic (exact) mass is 310 g/mol. The van der Waals surface area contributed by atoms with Gasteiger partial charge in [-0.2, -0.15) is 0 Å². The number of benzene rings is 1. The Labute approximate surface area is 133 Å². The quantitative estimate of drug-likeness (QED) is 0.759. The van der Waals surface area contributed by atoms with Gasteiger partial charge in [0, 0.05) is 6.20 Å². The molecule has 0 aliphatic heterocycles. The van der Waals surface area contributed by atoms with Crippen LogP contribution in [0.3, 0.4) is 0 Å². The number of nitrogens with zero attached hydrogens (tertiary/aromatic N) is 2. The van der Waals surface area contributed by atoms with E-state index in [9.17, 15) is 4.79 Å². The third-order valence-electron chi connectivity index (χ3n) is 3.46. The van der Waals surface area contributed by atoms with Crippen molar-refractivity contribution in [2.75, 3.05) is 6.61 Å². The number of para-hydroxylation sites is 2. The van der Waals surface area contributed by atoms with Crippen LogP contribution in [0.5, 0.6) is 5.88 Å². The maximum Gasteiger partial charge on any atom is 0.257 e. The fourth-order valence-corrected chi connectivity index (χ4v) is 2.34. The van der Waals surface area contributed by atoms with Gasteiger partial charge in [-0.3, -0.25) is 4.79 Å². The minimum atomic E-state index is -0.260. The number of ether oxygens (including phenoxy) is 1. The molecule has 2 heterocycles. The molecule has 6 heteroatoms. The fraction of sp³-hybridized carbons (Fsp3) is 0.235. The van der Waals surface area contributed by atoms with Crippen molar-refractivity contribution in [3.8, 4) is 5.88 Å². The molecular weight excluding hydrogens is 292 g/mol. The zero-order valence-corrected chi connectivity index (χ0v) is 13.0. The molecule has 0 fully saturated rings. The van der Waals surface area contributed by atoms with Gasteiger partial charge in [-0.05, 0) is 38.1 Å². The molecule has 0 aliphatic carbocycles. The molecule has 1 aromatic carbocycles. The highest BCUT2D eigenvalue weighted by Gasteiger charge is 2.18. The standard InChI is InChI=1S/C17H18N4O2/c1-3-23-17-12(7-6-10-18-17)16(22)19-11(2)15-20-13-8-4-5-9-14(13)21-15/h4-11H,3H2,1-2H3,(H,19,22)(H,20,21). The highest BCUT2D eigenvalue weighted by Crippen LogP contribution is 2.18. The van der Waals surface area contributed by atoms with Crippen LogP contribution in [0, 0.1) is 0 Å². The van der Waals surface area contributed by atoms with E-state index in [2.05, 4.69) is 20.3 Å². The van der Waals surface area contributed by atoms with Crippen LogP contribution in [0.4, 0.5) is 0 Å². The molecule has 0 bridgehead atoms. The predicted octanol–water partition coefficient (Wildman–Crippen LogP) is 2.85. The van der Waals surface area contributed by atoms with Gasteiger partial charge in [0.2, 0.25) is 5.88 Å². The Morgan fingerprint density at radius 2 is 2.13 bits per heavy atom. The highest BCUT2D eigenvalue weighted by atomic mass is 16.5. The summed E-state index contributed by atoms with van der Waals surface area (Å²) in [6.07, 6.45) is 1.60. The summed E-state index contributed by atoms with van der Waals surface area (Å²) in [4.78, 5) is 24.3. The van der Waals surface area contributed by atoms with Crippen LogP contribution in [-0.2, 0) is 0 Å². The van der Waals surface area contributed by atoms with E-state index >= 15 is 0 Å². The van der Waals surface area contributed by atoms with Crippen LogP contribution in [0.2, 0.25) is 0 Å². The number of carbonyl (C=O) groups is 1.